The van der Waals surface area contributed by atoms with Gasteiger partial charge in [-0.2, -0.15) is 5.10 Å². The average molecular weight is 211 g/mol. The molecule has 1 aromatic rings. The molecule has 1 rings (SSSR count). The molecule has 1 heterocycles. The maximum atomic E-state index is 9.70. The van der Waals surface area contributed by atoms with E-state index < -0.39 is 0 Å². The van der Waals surface area contributed by atoms with Gasteiger partial charge in [-0.15, -0.1) is 0 Å². The Morgan fingerprint density at radius 2 is 2.07 bits per heavy atom. The van der Waals surface area contributed by atoms with Gasteiger partial charge in [-0.25, -0.2) is 9.67 Å². The molecule has 0 aliphatic carbocycles. The van der Waals surface area contributed by atoms with Gasteiger partial charge in [-0.1, -0.05) is 13.8 Å². The van der Waals surface area contributed by atoms with Crippen molar-refractivity contribution in [3.05, 3.63) is 12.2 Å². The maximum Gasteiger partial charge on any atom is 0.138 e. The predicted octanol–water partition coefficient (Wildman–Crippen LogP) is 1.81. The van der Waals surface area contributed by atoms with Crippen molar-refractivity contribution >= 4 is 0 Å². The SMILES string of the molecule is CCC(O)C(C)Cc1ncnn1C(C)C. The normalized spacial score (nSPS) is 15.6. The highest BCUT2D eigenvalue weighted by molar-refractivity contribution is 4.89. The van der Waals surface area contributed by atoms with E-state index in [4.69, 9.17) is 0 Å². The zero-order chi connectivity index (χ0) is 11.4. The van der Waals surface area contributed by atoms with Gasteiger partial charge in [0.25, 0.3) is 0 Å². The second-order valence-electron chi connectivity index (χ2n) is 4.37. The average Bonchev–Trinajstić information content (AvgIpc) is 2.64. The van der Waals surface area contributed by atoms with Gasteiger partial charge in [0.05, 0.1) is 6.10 Å². The minimum Gasteiger partial charge on any atom is -0.393 e. The van der Waals surface area contributed by atoms with Crippen LogP contribution in [0, 0.1) is 5.92 Å². The van der Waals surface area contributed by atoms with E-state index in [9.17, 15) is 5.11 Å². The first-order chi connectivity index (χ1) is 7.06. The van der Waals surface area contributed by atoms with E-state index in [0.717, 1.165) is 18.7 Å². The van der Waals surface area contributed by atoms with E-state index in [2.05, 4.69) is 23.9 Å². The first kappa shape index (κ1) is 12.2. The molecule has 4 heteroatoms. The van der Waals surface area contributed by atoms with E-state index in [0.29, 0.717) is 6.04 Å². The minimum atomic E-state index is -0.248. The Balaban J connectivity index is 2.67. The summed E-state index contributed by atoms with van der Waals surface area (Å²) in [6.45, 7) is 8.21. The summed E-state index contributed by atoms with van der Waals surface area (Å²) < 4.78 is 1.92. The smallest absolute Gasteiger partial charge is 0.138 e. The van der Waals surface area contributed by atoms with Gasteiger partial charge in [-0.05, 0) is 26.2 Å². The summed E-state index contributed by atoms with van der Waals surface area (Å²) in [6.07, 6.45) is 2.91. The van der Waals surface area contributed by atoms with Crippen LogP contribution in [0.25, 0.3) is 0 Å². The van der Waals surface area contributed by atoms with E-state index in [1.54, 1.807) is 6.33 Å². The standard InChI is InChI=1S/C11H21N3O/c1-5-10(15)9(4)6-11-12-7-13-14(11)8(2)3/h7-10,15H,5-6H2,1-4H3. The van der Waals surface area contributed by atoms with Crippen LogP contribution < -0.4 is 0 Å². The second-order valence-corrected chi connectivity index (χ2v) is 4.37. The molecule has 2 atom stereocenters. The number of aliphatic hydroxyl groups is 1. The molecule has 0 amide bonds. The number of rotatable bonds is 5. The molecule has 0 radical (unpaired) electrons. The third-order valence-electron chi connectivity index (χ3n) is 2.72. The van der Waals surface area contributed by atoms with E-state index in [1.807, 2.05) is 18.5 Å². The summed E-state index contributed by atoms with van der Waals surface area (Å²) in [5.74, 6) is 1.20. The van der Waals surface area contributed by atoms with Crippen LogP contribution in [-0.4, -0.2) is 26.0 Å². The Labute approximate surface area is 91.3 Å². The van der Waals surface area contributed by atoms with Crippen molar-refractivity contribution in [2.75, 3.05) is 0 Å². The molecule has 4 nitrogen and oxygen atoms in total. The molecule has 1 aromatic heterocycles. The molecule has 86 valence electrons. The van der Waals surface area contributed by atoms with Crippen molar-refractivity contribution in [3.8, 4) is 0 Å². The molecule has 15 heavy (non-hydrogen) atoms. The number of aromatic nitrogens is 3. The highest BCUT2D eigenvalue weighted by Gasteiger charge is 2.16. The molecule has 0 saturated carbocycles. The molecular formula is C11H21N3O. The zero-order valence-electron chi connectivity index (χ0n) is 10.0. The topological polar surface area (TPSA) is 50.9 Å². The zero-order valence-corrected chi connectivity index (χ0v) is 10.0. The lowest BCUT2D eigenvalue weighted by atomic mass is 9.98. The first-order valence-corrected chi connectivity index (χ1v) is 5.62. The summed E-state index contributed by atoms with van der Waals surface area (Å²) in [5, 5.41) is 13.9. The van der Waals surface area contributed by atoms with Crippen LogP contribution in [0.1, 0.15) is 46.0 Å². The van der Waals surface area contributed by atoms with Gasteiger partial charge in [-0.3, -0.25) is 0 Å². The summed E-state index contributed by atoms with van der Waals surface area (Å²) >= 11 is 0. The molecule has 2 unspecified atom stereocenters. The van der Waals surface area contributed by atoms with Crippen LogP contribution in [0.2, 0.25) is 0 Å². The number of hydrogen-bond acceptors (Lipinski definition) is 3. The Hall–Kier alpha value is -0.900. The van der Waals surface area contributed by atoms with Crippen molar-refractivity contribution in [1.82, 2.24) is 14.8 Å². The highest BCUT2D eigenvalue weighted by atomic mass is 16.3. The number of nitrogens with zero attached hydrogens (tertiary/aromatic N) is 3. The number of aliphatic hydroxyl groups excluding tert-OH is 1. The van der Waals surface area contributed by atoms with Crippen molar-refractivity contribution in [3.63, 3.8) is 0 Å². The molecule has 0 aliphatic heterocycles. The Kier molecular flexibility index (Phi) is 4.27. The Bertz CT molecular complexity index is 296. The van der Waals surface area contributed by atoms with Gasteiger partial charge in [0.2, 0.25) is 0 Å². The maximum absolute atomic E-state index is 9.70. The third-order valence-corrected chi connectivity index (χ3v) is 2.72. The number of hydrogen-bond donors (Lipinski definition) is 1. The van der Waals surface area contributed by atoms with Gasteiger partial charge in [0.1, 0.15) is 12.2 Å². The molecule has 0 spiro atoms. The van der Waals surface area contributed by atoms with Crippen LogP contribution in [0.5, 0.6) is 0 Å². The molecule has 0 saturated heterocycles. The van der Waals surface area contributed by atoms with Crippen molar-refractivity contribution in [2.45, 2.75) is 52.7 Å². The largest absolute Gasteiger partial charge is 0.393 e. The molecular weight excluding hydrogens is 190 g/mol. The van der Waals surface area contributed by atoms with Gasteiger partial charge in [0, 0.05) is 12.5 Å². The Morgan fingerprint density at radius 3 is 2.60 bits per heavy atom. The molecule has 0 aliphatic rings. The molecule has 0 bridgehead atoms. The summed E-state index contributed by atoms with van der Waals surface area (Å²) in [6, 6.07) is 0.327. The van der Waals surface area contributed by atoms with Gasteiger partial charge < -0.3 is 5.11 Å². The van der Waals surface area contributed by atoms with Crippen LogP contribution in [-0.2, 0) is 6.42 Å². The van der Waals surface area contributed by atoms with E-state index in [-0.39, 0.29) is 12.0 Å². The summed E-state index contributed by atoms with van der Waals surface area (Å²) in [7, 11) is 0. The third kappa shape index (κ3) is 3.02. The quantitative estimate of drug-likeness (QED) is 0.808. The van der Waals surface area contributed by atoms with Crippen molar-refractivity contribution in [1.29, 1.82) is 0 Å². The fraction of sp³-hybridized carbons (Fsp3) is 0.818. The van der Waals surface area contributed by atoms with E-state index in [1.165, 1.54) is 0 Å². The monoisotopic (exact) mass is 211 g/mol. The fourth-order valence-corrected chi connectivity index (χ4v) is 1.68. The lowest BCUT2D eigenvalue weighted by Gasteiger charge is -2.17. The van der Waals surface area contributed by atoms with Crippen molar-refractivity contribution < 1.29 is 5.11 Å². The highest BCUT2D eigenvalue weighted by Crippen LogP contribution is 2.14. The van der Waals surface area contributed by atoms with Gasteiger partial charge in [0.15, 0.2) is 0 Å². The lowest BCUT2D eigenvalue weighted by Crippen LogP contribution is -2.21. The summed E-state index contributed by atoms with van der Waals surface area (Å²) in [4.78, 5) is 4.23. The van der Waals surface area contributed by atoms with Crippen LogP contribution >= 0.6 is 0 Å². The fourth-order valence-electron chi connectivity index (χ4n) is 1.68. The first-order valence-electron chi connectivity index (χ1n) is 5.62. The van der Waals surface area contributed by atoms with E-state index >= 15 is 0 Å². The Morgan fingerprint density at radius 1 is 1.40 bits per heavy atom. The summed E-state index contributed by atoms with van der Waals surface area (Å²) in [5.41, 5.74) is 0. The van der Waals surface area contributed by atoms with Crippen LogP contribution in [0.3, 0.4) is 0 Å². The predicted molar refractivity (Wildman–Crippen MR) is 59.6 cm³/mol. The van der Waals surface area contributed by atoms with Crippen LogP contribution in [0.4, 0.5) is 0 Å². The second kappa shape index (κ2) is 5.26. The van der Waals surface area contributed by atoms with Gasteiger partial charge >= 0.3 is 0 Å². The molecule has 0 fully saturated rings. The molecule has 0 aromatic carbocycles. The molecule has 1 N–H and O–H groups in total. The van der Waals surface area contributed by atoms with Crippen molar-refractivity contribution in [2.24, 2.45) is 5.92 Å². The van der Waals surface area contributed by atoms with Crippen LogP contribution in [0.15, 0.2) is 6.33 Å². The minimum absolute atomic E-state index is 0.233. The lowest BCUT2D eigenvalue weighted by molar-refractivity contribution is 0.111.